The normalized spacial score (nSPS) is 24.7. The SMILES string of the molecule is Cc1cc(C(=O)C2CCCC2N)ccc1F. The van der Waals surface area contributed by atoms with Gasteiger partial charge in [0, 0.05) is 17.5 Å². The van der Waals surface area contributed by atoms with E-state index >= 15 is 0 Å². The van der Waals surface area contributed by atoms with E-state index in [2.05, 4.69) is 0 Å². The molecule has 1 aliphatic rings. The molecule has 1 fully saturated rings. The highest BCUT2D eigenvalue weighted by Gasteiger charge is 2.30. The van der Waals surface area contributed by atoms with Gasteiger partial charge in [-0.2, -0.15) is 0 Å². The van der Waals surface area contributed by atoms with Gasteiger partial charge in [0.25, 0.3) is 0 Å². The summed E-state index contributed by atoms with van der Waals surface area (Å²) in [5.74, 6) is -0.287. The highest BCUT2D eigenvalue weighted by atomic mass is 19.1. The van der Waals surface area contributed by atoms with Crippen LogP contribution in [0.3, 0.4) is 0 Å². The van der Waals surface area contributed by atoms with Gasteiger partial charge >= 0.3 is 0 Å². The Balaban J connectivity index is 2.23. The van der Waals surface area contributed by atoms with Gasteiger partial charge < -0.3 is 5.73 Å². The molecule has 0 saturated heterocycles. The fourth-order valence-corrected chi connectivity index (χ4v) is 2.33. The number of Topliss-reactive ketones (excluding diaryl/α,β-unsaturated/α-hetero) is 1. The van der Waals surface area contributed by atoms with E-state index in [-0.39, 0.29) is 23.6 Å². The van der Waals surface area contributed by atoms with Crippen LogP contribution in [0.5, 0.6) is 0 Å². The van der Waals surface area contributed by atoms with Crippen molar-refractivity contribution in [2.75, 3.05) is 0 Å². The Labute approximate surface area is 94.6 Å². The first kappa shape index (κ1) is 11.3. The van der Waals surface area contributed by atoms with E-state index in [0.717, 1.165) is 19.3 Å². The van der Waals surface area contributed by atoms with Gasteiger partial charge in [0.1, 0.15) is 5.82 Å². The first-order chi connectivity index (χ1) is 7.59. The van der Waals surface area contributed by atoms with Crippen LogP contribution >= 0.6 is 0 Å². The lowest BCUT2D eigenvalue weighted by molar-refractivity contribution is 0.0913. The summed E-state index contributed by atoms with van der Waals surface area (Å²) in [6, 6.07) is 4.49. The molecule has 2 N–H and O–H groups in total. The first-order valence-corrected chi connectivity index (χ1v) is 5.65. The predicted octanol–water partition coefficient (Wildman–Crippen LogP) is 2.44. The second-order valence-electron chi connectivity index (χ2n) is 4.53. The standard InChI is InChI=1S/C13H16FNO/c1-8-7-9(5-6-11(8)14)13(16)10-3-2-4-12(10)15/h5-7,10,12H,2-4,15H2,1H3. The van der Waals surface area contributed by atoms with Gasteiger partial charge in [0.05, 0.1) is 0 Å². The van der Waals surface area contributed by atoms with Gasteiger partial charge in [0.2, 0.25) is 0 Å². The van der Waals surface area contributed by atoms with Crippen molar-refractivity contribution in [3.8, 4) is 0 Å². The number of nitrogens with two attached hydrogens (primary N) is 1. The molecule has 1 saturated carbocycles. The summed E-state index contributed by atoms with van der Waals surface area (Å²) in [6.45, 7) is 1.67. The van der Waals surface area contributed by atoms with Gasteiger partial charge in [-0.1, -0.05) is 6.42 Å². The van der Waals surface area contributed by atoms with Crippen molar-refractivity contribution in [3.05, 3.63) is 35.1 Å². The monoisotopic (exact) mass is 221 g/mol. The van der Waals surface area contributed by atoms with Gasteiger partial charge in [-0.3, -0.25) is 4.79 Å². The van der Waals surface area contributed by atoms with E-state index < -0.39 is 0 Å². The summed E-state index contributed by atoms with van der Waals surface area (Å²) in [7, 11) is 0. The first-order valence-electron chi connectivity index (χ1n) is 5.65. The lowest BCUT2D eigenvalue weighted by atomic mass is 9.93. The fourth-order valence-electron chi connectivity index (χ4n) is 2.33. The van der Waals surface area contributed by atoms with E-state index in [9.17, 15) is 9.18 Å². The molecule has 2 rings (SSSR count). The van der Waals surface area contributed by atoms with Crippen molar-refractivity contribution in [2.24, 2.45) is 11.7 Å². The zero-order chi connectivity index (χ0) is 11.7. The van der Waals surface area contributed by atoms with Crippen LogP contribution in [0.25, 0.3) is 0 Å². The third kappa shape index (κ3) is 2.00. The summed E-state index contributed by atoms with van der Waals surface area (Å²) in [6.07, 6.45) is 2.78. The molecule has 0 amide bonds. The molecular formula is C13H16FNO. The van der Waals surface area contributed by atoms with Gasteiger partial charge in [-0.25, -0.2) is 4.39 Å². The van der Waals surface area contributed by atoms with Crippen molar-refractivity contribution in [1.82, 2.24) is 0 Å². The van der Waals surface area contributed by atoms with Crippen LogP contribution < -0.4 is 5.73 Å². The molecule has 3 heteroatoms. The van der Waals surface area contributed by atoms with E-state index in [4.69, 9.17) is 5.73 Å². The van der Waals surface area contributed by atoms with Crippen molar-refractivity contribution >= 4 is 5.78 Å². The second kappa shape index (κ2) is 4.34. The molecule has 0 radical (unpaired) electrons. The maximum atomic E-state index is 13.1. The van der Waals surface area contributed by atoms with E-state index in [1.54, 1.807) is 19.1 Å². The van der Waals surface area contributed by atoms with E-state index in [1.165, 1.54) is 6.07 Å². The molecule has 1 aromatic rings. The topological polar surface area (TPSA) is 43.1 Å². The number of rotatable bonds is 2. The van der Waals surface area contributed by atoms with Crippen LogP contribution in [0.4, 0.5) is 4.39 Å². The van der Waals surface area contributed by atoms with Crippen molar-refractivity contribution in [3.63, 3.8) is 0 Å². The smallest absolute Gasteiger partial charge is 0.167 e. The summed E-state index contributed by atoms with van der Waals surface area (Å²) < 4.78 is 13.1. The summed E-state index contributed by atoms with van der Waals surface area (Å²) in [4.78, 5) is 12.1. The van der Waals surface area contributed by atoms with Gasteiger partial charge in [-0.15, -0.1) is 0 Å². The molecule has 1 aliphatic carbocycles. The maximum Gasteiger partial charge on any atom is 0.167 e. The number of aryl methyl sites for hydroxylation is 1. The Kier molecular flexibility index (Phi) is 3.06. The zero-order valence-corrected chi connectivity index (χ0v) is 9.37. The number of hydrogen-bond donors (Lipinski definition) is 1. The molecule has 1 aromatic carbocycles. The minimum Gasteiger partial charge on any atom is -0.327 e. The van der Waals surface area contributed by atoms with Crippen LogP contribution in [0.2, 0.25) is 0 Å². The Morgan fingerprint density at radius 3 is 2.75 bits per heavy atom. The van der Waals surface area contributed by atoms with Crippen LogP contribution in [0, 0.1) is 18.7 Å². The molecule has 0 aromatic heterocycles. The van der Waals surface area contributed by atoms with Crippen molar-refractivity contribution in [1.29, 1.82) is 0 Å². The Morgan fingerprint density at radius 2 is 2.19 bits per heavy atom. The molecule has 0 bridgehead atoms. The number of carbonyl (C=O) groups is 1. The fraction of sp³-hybridized carbons (Fsp3) is 0.462. The van der Waals surface area contributed by atoms with Crippen LogP contribution in [-0.4, -0.2) is 11.8 Å². The van der Waals surface area contributed by atoms with Gasteiger partial charge in [0.15, 0.2) is 5.78 Å². The number of carbonyl (C=O) groups excluding carboxylic acids is 1. The molecule has 2 nitrogen and oxygen atoms in total. The summed E-state index contributed by atoms with van der Waals surface area (Å²) in [5, 5.41) is 0. The quantitative estimate of drug-likeness (QED) is 0.779. The van der Waals surface area contributed by atoms with Gasteiger partial charge in [-0.05, 0) is 43.5 Å². The molecule has 2 atom stereocenters. The molecule has 16 heavy (non-hydrogen) atoms. The molecule has 0 aliphatic heterocycles. The number of benzene rings is 1. The minimum atomic E-state index is -0.271. The zero-order valence-electron chi connectivity index (χ0n) is 9.37. The lowest BCUT2D eigenvalue weighted by Gasteiger charge is -2.14. The predicted molar refractivity (Wildman–Crippen MR) is 60.8 cm³/mol. The summed E-state index contributed by atoms with van der Waals surface area (Å²) in [5.41, 5.74) is 6.99. The van der Waals surface area contributed by atoms with E-state index in [1.807, 2.05) is 0 Å². The summed E-state index contributed by atoms with van der Waals surface area (Å²) >= 11 is 0. The highest BCUT2D eigenvalue weighted by molar-refractivity contribution is 5.98. The molecule has 86 valence electrons. The lowest BCUT2D eigenvalue weighted by Crippen LogP contribution is -2.30. The Hall–Kier alpha value is -1.22. The Morgan fingerprint density at radius 1 is 1.44 bits per heavy atom. The third-order valence-corrected chi connectivity index (χ3v) is 3.35. The molecule has 2 unspecified atom stereocenters. The molecular weight excluding hydrogens is 205 g/mol. The highest BCUT2D eigenvalue weighted by Crippen LogP contribution is 2.27. The second-order valence-corrected chi connectivity index (χ2v) is 4.53. The largest absolute Gasteiger partial charge is 0.327 e. The average molecular weight is 221 g/mol. The van der Waals surface area contributed by atoms with Crippen molar-refractivity contribution in [2.45, 2.75) is 32.2 Å². The molecule has 0 spiro atoms. The molecule has 0 heterocycles. The Bertz CT molecular complexity index is 416. The maximum absolute atomic E-state index is 13.1. The number of ketones is 1. The van der Waals surface area contributed by atoms with E-state index in [0.29, 0.717) is 11.1 Å². The number of halogens is 1. The van der Waals surface area contributed by atoms with Crippen molar-refractivity contribution < 1.29 is 9.18 Å². The van der Waals surface area contributed by atoms with Crippen LogP contribution in [0.15, 0.2) is 18.2 Å². The van der Waals surface area contributed by atoms with Crippen LogP contribution in [-0.2, 0) is 0 Å². The number of hydrogen-bond acceptors (Lipinski definition) is 2. The third-order valence-electron chi connectivity index (χ3n) is 3.35. The minimum absolute atomic E-state index is 0.0298. The average Bonchev–Trinajstić information content (AvgIpc) is 2.67. The van der Waals surface area contributed by atoms with Crippen LogP contribution in [0.1, 0.15) is 35.2 Å².